The highest BCUT2D eigenvalue weighted by molar-refractivity contribution is 5.79. The van der Waals surface area contributed by atoms with E-state index in [1.165, 1.54) is 18.4 Å². The standard InChI is InChI=1S/C20H33N3O2/c1-4-21-20(23(2)14-15-25-16-18-7-8-18)22-13-5-6-17-9-11-19(24-3)12-10-17/h9-12,18H,4-8,13-16H2,1-3H3,(H,21,22). The molecule has 0 bridgehead atoms. The predicted molar refractivity (Wildman–Crippen MR) is 103 cm³/mol. The van der Waals surface area contributed by atoms with Crippen molar-refractivity contribution in [1.29, 1.82) is 0 Å². The molecule has 0 heterocycles. The highest BCUT2D eigenvalue weighted by atomic mass is 16.5. The van der Waals surface area contributed by atoms with Crippen LogP contribution >= 0.6 is 0 Å². The lowest BCUT2D eigenvalue weighted by molar-refractivity contribution is 0.115. The van der Waals surface area contributed by atoms with Crippen LogP contribution in [0.15, 0.2) is 29.3 Å². The Bertz CT molecular complexity index is 512. The minimum atomic E-state index is 0.767. The van der Waals surface area contributed by atoms with Crippen LogP contribution in [0.25, 0.3) is 0 Å². The molecule has 1 aromatic carbocycles. The molecule has 0 amide bonds. The Morgan fingerprint density at radius 2 is 2.04 bits per heavy atom. The van der Waals surface area contributed by atoms with Crippen molar-refractivity contribution < 1.29 is 9.47 Å². The number of hydrogen-bond donors (Lipinski definition) is 1. The second kappa shape index (κ2) is 11.0. The monoisotopic (exact) mass is 347 g/mol. The maximum absolute atomic E-state index is 5.72. The molecule has 0 radical (unpaired) electrons. The van der Waals surface area contributed by atoms with Crippen LogP contribution in [0, 0.1) is 5.92 Å². The van der Waals surface area contributed by atoms with E-state index >= 15 is 0 Å². The van der Waals surface area contributed by atoms with E-state index in [-0.39, 0.29) is 0 Å². The zero-order chi connectivity index (χ0) is 17.9. The summed E-state index contributed by atoms with van der Waals surface area (Å²) in [7, 11) is 3.77. The van der Waals surface area contributed by atoms with E-state index in [1.807, 2.05) is 12.1 Å². The molecule has 1 aliphatic carbocycles. The van der Waals surface area contributed by atoms with Gasteiger partial charge in [-0.3, -0.25) is 4.99 Å². The molecule has 0 saturated heterocycles. The Morgan fingerprint density at radius 1 is 1.28 bits per heavy atom. The average molecular weight is 348 g/mol. The number of likely N-dealkylation sites (N-methyl/N-ethyl adjacent to an activating group) is 1. The van der Waals surface area contributed by atoms with Gasteiger partial charge in [-0.05, 0) is 56.2 Å². The van der Waals surface area contributed by atoms with Crippen LogP contribution < -0.4 is 10.1 Å². The SMILES string of the molecule is CCNC(=NCCCc1ccc(OC)cc1)N(C)CCOCC1CC1. The second-order valence-electron chi connectivity index (χ2n) is 6.63. The molecule has 5 nitrogen and oxygen atoms in total. The van der Waals surface area contributed by atoms with Crippen molar-refractivity contribution in [2.24, 2.45) is 10.9 Å². The predicted octanol–water partition coefficient (Wildman–Crippen LogP) is 2.95. The molecule has 1 saturated carbocycles. The van der Waals surface area contributed by atoms with Gasteiger partial charge in [-0.2, -0.15) is 0 Å². The topological polar surface area (TPSA) is 46.1 Å². The zero-order valence-corrected chi connectivity index (χ0v) is 16.0. The minimum Gasteiger partial charge on any atom is -0.497 e. The Labute approximate surface area is 152 Å². The van der Waals surface area contributed by atoms with Crippen LogP contribution in [-0.4, -0.2) is 57.9 Å². The number of rotatable bonds is 11. The van der Waals surface area contributed by atoms with Crippen molar-refractivity contribution in [2.45, 2.75) is 32.6 Å². The molecule has 5 heteroatoms. The van der Waals surface area contributed by atoms with Crippen molar-refractivity contribution in [3.8, 4) is 5.75 Å². The van der Waals surface area contributed by atoms with Gasteiger partial charge in [0.1, 0.15) is 5.75 Å². The molecule has 2 rings (SSSR count). The Hall–Kier alpha value is -1.75. The summed E-state index contributed by atoms with van der Waals surface area (Å²) in [6.45, 7) is 6.36. The Morgan fingerprint density at radius 3 is 2.68 bits per heavy atom. The lowest BCUT2D eigenvalue weighted by Gasteiger charge is -2.22. The maximum Gasteiger partial charge on any atom is 0.193 e. The van der Waals surface area contributed by atoms with E-state index in [0.717, 1.165) is 63.3 Å². The minimum absolute atomic E-state index is 0.767. The van der Waals surface area contributed by atoms with Gasteiger partial charge >= 0.3 is 0 Å². The molecule has 25 heavy (non-hydrogen) atoms. The number of aliphatic imine (C=N–C) groups is 1. The van der Waals surface area contributed by atoms with Gasteiger partial charge < -0.3 is 19.7 Å². The molecule has 1 fully saturated rings. The molecule has 1 aliphatic rings. The molecule has 0 aromatic heterocycles. The highest BCUT2D eigenvalue weighted by Crippen LogP contribution is 2.28. The number of guanidine groups is 1. The largest absolute Gasteiger partial charge is 0.497 e. The van der Waals surface area contributed by atoms with Gasteiger partial charge in [0.25, 0.3) is 0 Å². The van der Waals surface area contributed by atoms with Crippen LogP contribution in [0.2, 0.25) is 0 Å². The summed E-state index contributed by atoms with van der Waals surface area (Å²) in [6.07, 6.45) is 4.75. The first-order chi connectivity index (χ1) is 12.2. The van der Waals surface area contributed by atoms with Crippen molar-refractivity contribution >= 4 is 5.96 Å². The van der Waals surface area contributed by atoms with Crippen LogP contribution in [0.1, 0.15) is 31.7 Å². The van der Waals surface area contributed by atoms with Crippen LogP contribution in [-0.2, 0) is 11.2 Å². The number of aryl methyl sites for hydroxylation is 1. The molecule has 0 aliphatic heterocycles. The summed E-state index contributed by atoms with van der Waals surface area (Å²) in [5, 5.41) is 3.36. The average Bonchev–Trinajstić information content (AvgIpc) is 3.46. The Balaban J connectivity index is 1.69. The molecule has 0 atom stereocenters. The molecule has 0 unspecified atom stereocenters. The number of nitrogens with one attached hydrogen (secondary N) is 1. The molecular weight excluding hydrogens is 314 g/mol. The molecule has 0 spiro atoms. The van der Waals surface area contributed by atoms with E-state index < -0.39 is 0 Å². The van der Waals surface area contributed by atoms with Gasteiger partial charge in [0.05, 0.1) is 13.7 Å². The molecule has 1 aromatic rings. The first kappa shape index (κ1) is 19.6. The molecule has 140 valence electrons. The summed E-state index contributed by atoms with van der Waals surface area (Å²) in [4.78, 5) is 6.90. The van der Waals surface area contributed by atoms with Crippen molar-refractivity contribution in [1.82, 2.24) is 10.2 Å². The quantitative estimate of drug-likeness (QED) is 0.380. The third kappa shape index (κ3) is 7.78. The summed E-state index contributed by atoms with van der Waals surface area (Å²) in [5.41, 5.74) is 1.32. The first-order valence-electron chi connectivity index (χ1n) is 9.43. The van der Waals surface area contributed by atoms with Gasteiger partial charge in [0.15, 0.2) is 5.96 Å². The lowest BCUT2D eigenvalue weighted by atomic mass is 10.1. The van der Waals surface area contributed by atoms with Gasteiger partial charge in [0, 0.05) is 33.3 Å². The fourth-order valence-corrected chi connectivity index (χ4v) is 2.57. The van der Waals surface area contributed by atoms with Crippen molar-refractivity contribution in [2.75, 3.05) is 47.0 Å². The lowest BCUT2D eigenvalue weighted by Crippen LogP contribution is -2.40. The molecule has 1 N–H and O–H groups in total. The summed E-state index contributed by atoms with van der Waals surface area (Å²) >= 11 is 0. The summed E-state index contributed by atoms with van der Waals surface area (Å²) < 4.78 is 10.9. The number of methoxy groups -OCH3 is 1. The number of ether oxygens (including phenoxy) is 2. The van der Waals surface area contributed by atoms with Crippen molar-refractivity contribution in [3.63, 3.8) is 0 Å². The third-order valence-corrected chi connectivity index (χ3v) is 4.36. The van der Waals surface area contributed by atoms with Crippen LogP contribution in [0.3, 0.4) is 0 Å². The first-order valence-corrected chi connectivity index (χ1v) is 9.43. The maximum atomic E-state index is 5.72. The summed E-state index contributed by atoms with van der Waals surface area (Å²) in [6, 6.07) is 8.27. The Kier molecular flexibility index (Phi) is 8.60. The fraction of sp³-hybridized carbons (Fsp3) is 0.650. The fourth-order valence-electron chi connectivity index (χ4n) is 2.57. The second-order valence-corrected chi connectivity index (χ2v) is 6.63. The highest BCUT2D eigenvalue weighted by Gasteiger charge is 2.21. The van der Waals surface area contributed by atoms with Gasteiger partial charge in [-0.25, -0.2) is 0 Å². The number of benzene rings is 1. The summed E-state index contributed by atoms with van der Waals surface area (Å²) in [5.74, 6) is 2.69. The number of nitrogens with zero attached hydrogens (tertiary/aromatic N) is 2. The van der Waals surface area contributed by atoms with E-state index in [0.29, 0.717) is 0 Å². The van der Waals surface area contributed by atoms with E-state index in [4.69, 9.17) is 14.5 Å². The van der Waals surface area contributed by atoms with Crippen molar-refractivity contribution in [3.05, 3.63) is 29.8 Å². The van der Waals surface area contributed by atoms with E-state index in [2.05, 4.69) is 36.3 Å². The van der Waals surface area contributed by atoms with Crippen LogP contribution in [0.5, 0.6) is 5.75 Å². The third-order valence-electron chi connectivity index (χ3n) is 4.36. The van der Waals surface area contributed by atoms with Gasteiger partial charge in [0.2, 0.25) is 0 Å². The van der Waals surface area contributed by atoms with Crippen LogP contribution in [0.4, 0.5) is 0 Å². The zero-order valence-electron chi connectivity index (χ0n) is 16.0. The normalized spacial score (nSPS) is 14.4. The van der Waals surface area contributed by atoms with E-state index in [1.54, 1.807) is 7.11 Å². The van der Waals surface area contributed by atoms with Gasteiger partial charge in [-0.15, -0.1) is 0 Å². The number of hydrogen-bond acceptors (Lipinski definition) is 3. The van der Waals surface area contributed by atoms with Gasteiger partial charge in [-0.1, -0.05) is 12.1 Å². The smallest absolute Gasteiger partial charge is 0.193 e. The van der Waals surface area contributed by atoms with E-state index in [9.17, 15) is 0 Å². The molecular formula is C20H33N3O2.